The molecule has 2 unspecified atom stereocenters. The van der Waals surface area contributed by atoms with Gasteiger partial charge in [0.1, 0.15) is 12.1 Å². The van der Waals surface area contributed by atoms with E-state index in [2.05, 4.69) is 11.4 Å². The third kappa shape index (κ3) is 3.51. The van der Waals surface area contributed by atoms with E-state index in [4.69, 9.17) is 4.74 Å². The summed E-state index contributed by atoms with van der Waals surface area (Å²) in [4.78, 5) is 23.2. The van der Waals surface area contributed by atoms with Crippen molar-refractivity contribution < 1.29 is 14.3 Å². The highest BCUT2D eigenvalue weighted by molar-refractivity contribution is 5.87. The summed E-state index contributed by atoms with van der Waals surface area (Å²) in [7, 11) is 1.29. The molecule has 120 valence electrons. The first-order chi connectivity index (χ1) is 11.0. The Morgan fingerprint density at radius 3 is 2.70 bits per heavy atom. The maximum atomic E-state index is 11.9. The van der Waals surface area contributed by atoms with E-state index in [1.807, 2.05) is 42.0 Å². The first-order valence-corrected chi connectivity index (χ1v) is 7.31. The van der Waals surface area contributed by atoms with Gasteiger partial charge in [-0.2, -0.15) is 5.26 Å². The first-order valence-electron chi connectivity index (χ1n) is 7.31. The third-order valence-corrected chi connectivity index (χ3v) is 3.71. The van der Waals surface area contributed by atoms with Crippen LogP contribution < -0.4 is 5.32 Å². The Hall–Kier alpha value is -2.81. The number of para-hydroxylation sites is 1. The summed E-state index contributed by atoms with van der Waals surface area (Å²) in [6.07, 6.45) is 2.16. The second kappa shape index (κ2) is 6.97. The Bertz CT molecular complexity index is 773. The maximum Gasteiger partial charge on any atom is 0.328 e. The summed E-state index contributed by atoms with van der Waals surface area (Å²) in [6, 6.07) is 8.79. The van der Waals surface area contributed by atoms with Crippen LogP contribution in [0.25, 0.3) is 10.9 Å². The number of hydrogen-bond donors (Lipinski definition) is 1. The normalized spacial score (nSPS) is 13.1. The number of fused-ring (bicyclic) bond motifs is 1. The van der Waals surface area contributed by atoms with Gasteiger partial charge in [-0.15, -0.1) is 0 Å². The monoisotopic (exact) mass is 313 g/mol. The third-order valence-electron chi connectivity index (χ3n) is 3.71. The van der Waals surface area contributed by atoms with E-state index in [1.165, 1.54) is 14.0 Å². The van der Waals surface area contributed by atoms with Crippen LogP contribution in [-0.4, -0.2) is 29.6 Å². The molecule has 0 aliphatic carbocycles. The lowest BCUT2D eigenvalue weighted by atomic mass is 10.1. The molecule has 0 fully saturated rings. The van der Waals surface area contributed by atoms with Crippen LogP contribution >= 0.6 is 0 Å². The van der Waals surface area contributed by atoms with Gasteiger partial charge in [0, 0.05) is 30.4 Å². The fourth-order valence-corrected chi connectivity index (χ4v) is 2.62. The van der Waals surface area contributed by atoms with Crippen molar-refractivity contribution in [2.24, 2.45) is 0 Å². The number of hydrogen-bond acceptors (Lipinski definition) is 4. The molecule has 0 spiro atoms. The van der Waals surface area contributed by atoms with Crippen molar-refractivity contribution in [1.82, 2.24) is 9.88 Å². The number of rotatable bonds is 5. The zero-order valence-corrected chi connectivity index (χ0v) is 13.4. The van der Waals surface area contributed by atoms with Gasteiger partial charge in [-0.3, -0.25) is 4.79 Å². The maximum absolute atomic E-state index is 11.9. The van der Waals surface area contributed by atoms with Crippen LogP contribution in [0, 0.1) is 11.3 Å². The van der Waals surface area contributed by atoms with Crippen LogP contribution in [0.15, 0.2) is 30.5 Å². The van der Waals surface area contributed by atoms with Crippen molar-refractivity contribution in [1.29, 1.82) is 5.26 Å². The number of ether oxygens (including phenoxy) is 1. The molecule has 6 nitrogen and oxygen atoms in total. The predicted octanol–water partition coefficient (Wildman–Crippen LogP) is 1.95. The fraction of sp³-hybridized carbons (Fsp3) is 0.353. The van der Waals surface area contributed by atoms with Gasteiger partial charge in [-0.1, -0.05) is 18.2 Å². The molecule has 0 bridgehead atoms. The van der Waals surface area contributed by atoms with Crippen molar-refractivity contribution in [2.75, 3.05) is 7.11 Å². The van der Waals surface area contributed by atoms with Gasteiger partial charge in [0.2, 0.25) is 5.91 Å². The lowest BCUT2D eigenvalue weighted by Gasteiger charge is -2.15. The smallest absolute Gasteiger partial charge is 0.328 e. The Kier molecular flexibility index (Phi) is 5.02. The van der Waals surface area contributed by atoms with Crippen LogP contribution in [0.3, 0.4) is 0 Å². The van der Waals surface area contributed by atoms with E-state index in [9.17, 15) is 14.9 Å². The van der Waals surface area contributed by atoms with Crippen LogP contribution in [0.5, 0.6) is 0 Å². The molecular formula is C17H19N3O3. The average Bonchev–Trinajstić information content (AvgIpc) is 2.91. The number of aromatic nitrogens is 1. The van der Waals surface area contributed by atoms with E-state index in [0.29, 0.717) is 6.42 Å². The molecule has 0 saturated heterocycles. The van der Waals surface area contributed by atoms with Gasteiger partial charge in [-0.05, 0) is 18.6 Å². The Morgan fingerprint density at radius 1 is 1.39 bits per heavy atom. The number of benzene rings is 1. The number of esters is 1. The summed E-state index contributed by atoms with van der Waals surface area (Å²) in [5, 5.41) is 12.7. The Labute approximate surface area is 134 Å². The molecule has 2 atom stereocenters. The molecule has 0 aliphatic rings. The number of amides is 1. The lowest BCUT2D eigenvalue weighted by Crippen LogP contribution is -2.41. The minimum absolute atomic E-state index is 0.297. The predicted molar refractivity (Wildman–Crippen MR) is 85.6 cm³/mol. The van der Waals surface area contributed by atoms with E-state index >= 15 is 0 Å². The standard InChI is InChI=1S/C17H19N3O3/c1-11(9-18)20-10-13(14-6-4-5-7-16(14)20)8-15(17(22)23-3)19-12(2)21/h4-7,10-11,15H,8H2,1-3H3,(H,19,21). The van der Waals surface area contributed by atoms with Gasteiger partial charge in [0.15, 0.2) is 0 Å². The average molecular weight is 313 g/mol. The molecule has 1 N–H and O–H groups in total. The summed E-state index contributed by atoms with van der Waals surface area (Å²) < 4.78 is 6.63. The van der Waals surface area contributed by atoms with Gasteiger partial charge < -0.3 is 14.6 Å². The van der Waals surface area contributed by atoms with Gasteiger partial charge in [0.05, 0.1) is 13.2 Å². The van der Waals surface area contributed by atoms with Crippen molar-refractivity contribution in [3.8, 4) is 6.07 Å². The minimum Gasteiger partial charge on any atom is -0.467 e. The molecule has 1 heterocycles. The molecular weight excluding hydrogens is 294 g/mol. The van der Waals surface area contributed by atoms with Crippen LogP contribution in [-0.2, 0) is 20.7 Å². The number of nitrogens with zero attached hydrogens (tertiary/aromatic N) is 2. The topological polar surface area (TPSA) is 84.1 Å². The SMILES string of the molecule is COC(=O)C(Cc1cn(C(C)C#N)c2ccccc12)NC(C)=O. The largest absolute Gasteiger partial charge is 0.467 e. The van der Waals surface area contributed by atoms with Crippen molar-refractivity contribution in [3.05, 3.63) is 36.0 Å². The lowest BCUT2D eigenvalue weighted by molar-refractivity contribution is -0.144. The van der Waals surface area contributed by atoms with Crippen LogP contribution in [0.4, 0.5) is 0 Å². The molecule has 0 saturated carbocycles. The molecule has 1 amide bonds. The first kappa shape index (κ1) is 16.6. The van der Waals surface area contributed by atoms with E-state index in [-0.39, 0.29) is 11.9 Å². The Morgan fingerprint density at radius 2 is 2.09 bits per heavy atom. The highest BCUT2D eigenvalue weighted by Crippen LogP contribution is 2.25. The summed E-state index contributed by atoms with van der Waals surface area (Å²) in [5.74, 6) is -0.792. The molecule has 0 aliphatic heterocycles. The van der Waals surface area contributed by atoms with Crippen LogP contribution in [0.1, 0.15) is 25.5 Å². The molecule has 23 heavy (non-hydrogen) atoms. The highest BCUT2D eigenvalue weighted by Gasteiger charge is 2.23. The number of nitrogens with one attached hydrogen (secondary N) is 1. The second-order valence-corrected chi connectivity index (χ2v) is 5.36. The quantitative estimate of drug-likeness (QED) is 0.855. The highest BCUT2D eigenvalue weighted by atomic mass is 16.5. The summed E-state index contributed by atoms with van der Waals surface area (Å²) in [6.45, 7) is 3.17. The zero-order valence-electron chi connectivity index (χ0n) is 13.4. The number of methoxy groups -OCH3 is 1. The number of carbonyl (C=O) groups is 2. The van der Waals surface area contributed by atoms with E-state index in [0.717, 1.165) is 16.5 Å². The molecule has 2 aromatic rings. The fourth-order valence-electron chi connectivity index (χ4n) is 2.62. The molecule has 6 heteroatoms. The summed E-state index contributed by atoms with van der Waals surface area (Å²) >= 11 is 0. The Balaban J connectivity index is 2.44. The molecule has 1 aromatic heterocycles. The van der Waals surface area contributed by atoms with Gasteiger partial charge >= 0.3 is 5.97 Å². The van der Waals surface area contributed by atoms with E-state index < -0.39 is 12.0 Å². The van der Waals surface area contributed by atoms with Crippen molar-refractivity contribution in [3.63, 3.8) is 0 Å². The van der Waals surface area contributed by atoms with Gasteiger partial charge in [0.25, 0.3) is 0 Å². The summed E-state index contributed by atoms with van der Waals surface area (Å²) in [5.41, 5.74) is 1.80. The number of carbonyl (C=O) groups excluding carboxylic acids is 2. The molecule has 0 radical (unpaired) electrons. The minimum atomic E-state index is -0.755. The zero-order chi connectivity index (χ0) is 17.0. The van der Waals surface area contributed by atoms with Crippen molar-refractivity contribution in [2.45, 2.75) is 32.4 Å². The van der Waals surface area contributed by atoms with Crippen LogP contribution in [0.2, 0.25) is 0 Å². The molecule has 1 aromatic carbocycles. The van der Waals surface area contributed by atoms with Crippen molar-refractivity contribution >= 4 is 22.8 Å². The second-order valence-electron chi connectivity index (χ2n) is 5.36. The molecule has 2 rings (SSSR count). The van der Waals surface area contributed by atoms with E-state index in [1.54, 1.807) is 0 Å². The van der Waals surface area contributed by atoms with Gasteiger partial charge in [-0.25, -0.2) is 4.79 Å². The number of nitriles is 1.